The molecule has 0 spiro atoms. The Hall–Kier alpha value is -2.43. The Kier molecular flexibility index (Phi) is 5.02. The topological polar surface area (TPSA) is 49.7 Å². The van der Waals surface area contributed by atoms with Crippen molar-refractivity contribution in [2.24, 2.45) is 4.36 Å². The van der Waals surface area contributed by atoms with Crippen molar-refractivity contribution in [2.45, 2.75) is 10.5 Å². The van der Waals surface area contributed by atoms with Crippen molar-refractivity contribution in [3.05, 3.63) is 102 Å². The van der Waals surface area contributed by atoms with Gasteiger partial charge in [0.25, 0.3) is 0 Å². The lowest BCUT2D eigenvalue weighted by atomic mass is 9.88. The smallest absolute Gasteiger partial charge is 0.127 e. The molecule has 0 bridgehead atoms. The second kappa shape index (κ2) is 7.21. The molecule has 0 radical (unpaired) electrons. The van der Waals surface area contributed by atoms with Crippen molar-refractivity contribution in [2.75, 3.05) is 12.8 Å². The number of aliphatic hydroxyl groups is 1. The second-order valence-corrected chi connectivity index (χ2v) is 8.28. The third kappa shape index (κ3) is 3.50. The lowest BCUT2D eigenvalue weighted by molar-refractivity contribution is 0.106. The van der Waals surface area contributed by atoms with Crippen molar-refractivity contribution in [3.8, 4) is 0 Å². The van der Waals surface area contributed by atoms with E-state index in [1.54, 1.807) is 19.2 Å². The van der Waals surface area contributed by atoms with Crippen LogP contribution < -0.4 is 0 Å². The molecule has 1 atom stereocenters. The monoisotopic (exact) mass is 351 g/mol. The van der Waals surface area contributed by atoms with E-state index in [1.807, 2.05) is 78.9 Å². The van der Waals surface area contributed by atoms with Crippen LogP contribution in [0.5, 0.6) is 0 Å². The number of hydrogen-bond acceptors (Lipinski definition) is 3. The number of hydrogen-bond donors (Lipinski definition) is 1. The van der Waals surface area contributed by atoms with Gasteiger partial charge < -0.3 is 5.11 Å². The molecule has 0 aliphatic heterocycles. The maximum absolute atomic E-state index is 13.6. The maximum atomic E-state index is 13.6. The first-order chi connectivity index (χ1) is 12.1. The van der Waals surface area contributed by atoms with Crippen LogP contribution in [0, 0.1) is 0 Å². The number of benzene rings is 3. The summed E-state index contributed by atoms with van der Waals surface area (Å²) in [4.78, 5) is 0.628. The van der Waals surface area contributed by atoms with Gasteiger partial charge in [0.15, 0.2) is 0 Å². The fourth-order valence-corrected chi connectivity index (χ4v) is 4.92. The van der Waals surface area contributed by atoms with Gasteiger partial charge in [-0.05, 0) is 23.3 Å². The van der Waals surface area contributed by atoms with Gasteiger partial charge in [-0.15, -0.1) is 0 Å². The Morgan fingerprint density at radius 1 is 0.800 bits per heavy atom. The van der Waals surface area contributed by atoms with E-state index in [-0.39, 0.29) is 5.75 Å². The minimum absolute atomic E-state index is 0.00542. The van der Waals surface area contributed by atoms with Crippen LogP contribution in [0.1, 0.15) is 11.1 Å². The van der Waals surface area contributed by atoms with E-state index in [0.717, 1.165) is 0 Å². The SMILES string of the molecule is CN=[S@@](=O)(CC(O)(c1ccccc1)c1ccccc1)c1ccccc1. The first-order valence-electron chi connectivity index (χ1n) is 8.10. The van der Waals surface area contributed by atoms with Crippen molar-refractivity contribution in [1.29, 1.82) is 0 Å². The average Bonchev–Trinajstić information content (AvgIpc) is 2.70. The van der Waals surface area contributed by atoms with Gasteiger partial charge in [-0.3, -0.25) is 0 Å². The first-order valence-corrected chi connectivity index (χ1v) is 9.78. The highest BCUT2D eigenvalue weighted by atomic mass is 32.2. The average molecular weight is 351 g/mol. The van der Waals surface area contributed by atoms with Crippen molar-refractivity contribution >= 4 is 9.73 Å². The molecule has 3 nitrogen and oxygen atoms in total. The highest BCUT2D eigenvalue weighted by Gasteiger charge is 2.36. The zero-order valence-corrected chi connectivity index (χ0v) is 14.9. The van der Waals surface area contributed by atoms with E-state index < -0.39 is 15.3 Å². The molecule has 0 fully saturated rings. The highest BCUT2D eigenvalue weighted by molar-refractivity contribution is 7.93. The van der Waals surface area contributed by atoms with E-state index in [4.69, 9.17) is 0 Å². The molecule has 0 aliphatic rings. The summed E-state index contributed by atoms with van der Waals surface area (Å²) in [7, 11) is -1.24. The van der Waals surface area contributed by atoms with Gasteiger partial charge in [0.2, 0.25) is 0 Å². The van der Waals surface area contributed by atoms with Gasteiger partial charge >= 0.3 is 0 Å². The molecule has 4 heteroatoms. The molecule has 3 aromatic carbocycles. The van der Waals surface area contributed by atoms with E-state index in [2.05, 4.69) is 4.36 Å². The summed E-state index contributed by atoms with van der Waals surface area (Å²) in [5.74, 6) is -0.00542. The first kappa shape index (κ1) is 17.4. The molecule has 0 aromatic heterocycles. The Morgan fingerprint density at radius 2 is 1.20 bits per heavy atom. The third-order valence-corrected chi connectivity index (χ3v) is 6.72. The Morgan fingerprint density at radius 3 is 1.60 bits per heavy atom. The van der Waals surface area contributed by atoms with Gasteiger partial charge in [-0.2, -0.15) is 0 Å². The number of rotatable bonds is 5. The summed E-state index contributed by atoms with van der Waals surface area (Å²) in [6, 6.07) is 27.8. The largest absolute Gasteiger partial charge is 0.379 e. The molecule has 0 aliphatic carbocycles. The predicted octanol–water partition coefficient (Wildman–Crippen LogP) is 4.08. The van der Waals surface area contributed by atoms with Gasteiger partial charge in [-0.1, -0.05) is 78.9 Å². The van der Waals surface area contributed by atoms with Crippen LogP contribution in [0.2, 0.25) is 0 Å². The molecule has 0 saturated carbocycles. The number of nitrogens with zero attached hydrogens (tertiary/aromatic N) is 1. The van der Waals surface area contributed by atoms with Crippen LogP contribution in [0.3, 0.4) is 0 Å². The fourth-order valence-electron chi connectivity index (χ4n) is 2.93. The molecule has 0 unspecified atom stereocenters. The van der Waals surface area contributed by atoms with Crippen LogP contribution in [0.4, 0.5) is 0 Å². The molecule has 128 valence electrons. The van der Waals surface area contributed by atoms with Crippen LogP contribution in [0.15, 0.2) is 100 Å². The van der Waals surface area contributed by atoms with Gasteiger partial charge in [0.1, 0.15) is 5.60 Å². The molecule has 0 amide bonds. The lowest BCUT2D eigenvalue weighted by Crippen LogP contribution is -2.35. The van der Waals surface area contributed by atoms with Crippen LogP contribution in [-0.4, -0.2) is 22.1 Å². The fraction of sp³-hybridized carbons (Fsp3) is 0.143. The van der Waals surface area contributed by atoms with E-state index in [1.165, 1.54) is 0 Å². The molecule has 25 heavy (non-hydrogen) atoms. The van der Waals surface area contributed by atoms with Gasteiger partial charge in [0, 0.05) is 11.9 Å². The molecular formula is C21H21NO2S. The highest BCUT2D eigenvalue weighted by Crippen LogP contribution is 2.33. The molecular weight excluding hydrogens is 330 g/mol. The Bertz CT molecular complexity index is 892. The Labute approximate surface area is 149 Å². The summed E-state index contributed by atoms with van der Waals surface area (Å²) >= 11 is 0. The molecule has 0 heterocycles. The molecule has 3 rings (SSSR count). The lowest BCUT2D eigenvalue weighted by Gasteiger charge is -2.30. The van der Waals surface area contributed by atoms with Crippen LogP contribution in [-0.2, 0) is 15.3 Å². The standard InChI is InChI=1S/C21H21NO2S/c1-22-25(24,20-15-9-4-10-16-20)17-21(23,18-11-5-2-6-12-18)19-13-7-3-8-14-19/h2-16,23H,17H2,1H3/t25-/m1/s1. The Balaban J connectivity index is 2.15. The van der Waals surface area contributed by atoms with E-state index in [0.29, 0.717) is 16.0 Å². The zero-order valence-electron chi connectivity index (χ0n) is 14.1. The van der Waals surface area contributed by atoms with E-state index in [9.17, 15) is 9.32 Å². The third-order valence-electron chi connectivity index (χ3n) is 4.31. The minimum atomic E-state index is -2.78. The van der Waals surface area contributed by atoms with Crippen molar-refractivity contribution in [1.82, 2.24) is 0 Å². The zero-order chi connectivity index (χ0) is 17.8. The van der Waals surface area contributed by atoms with E-state index >= 15 is 0 Å². The van der Waals surface area contributed by atoms with Crippen LogP contribution in [0.25, 0.3) is 0 Å². The summed E-state index contributed by atoms with van der Waals surface area (Å²) in [5, 5.41) is 11.6. The molecule has 0 saturated heterocycles. The van der Waals surface area contributed by atoms with Crippen molar-refractivity contribution in [3.63, 3.8) is 0 Å². The summed E-state index contributed by atoms with van der Waals surface area (Å²) in [6.45, 7) is 0. The molecule has 3 aromatic rings. The quantitative estimate of drug-likeness (QED) is 0.753. The summed E-state index contributed by atoms with van der Waals surface area (Å²) in [5.41, 5.74) is 0.0107. The summed E-state index contributed by atoms with van der Waals surface area (Å²) in [6.07, 6.45) is 0. The second-order valence-electron chi connectivity index (χ2n) is 5.87. The minimum Gasteiger partial charge on any atom is -0.379 e. The van der Waals surface area contributed by atoms with Crippen LogP contribution >= 0.6 is 0 Å². The maximum Gasteiger partial charge on any atom is 0.127 e. The summed E-state index contributed by atoms with van der Waals surface area (Å²) < 4.78 is 17.8. The normalized spacial score (nSPS) is 13.8. The van der Waals surface area contributed by atoms with Gasteiger partial charge in [-0.25, -0.2) is 8.57 Å². The van der Waals surface area contributed by atoms with Gasteiger partial charge in [0.05, 0.1) is 15.5 Å². The predicted molar refractivity (Wildman–Crippen MR) is 102 cm³/mol. The van der Waals surface area contributed by atoms with Crippen molar-refractivity contribution < 1.29 is 9.32 Å². The molecule has 1 N–H and O–H groups in total.